The van der Waals surface area contributed by atoms with Crippen LogP contribution in [0.2, 0.25) is 0 Å². The van der Waals surface area contributed by atoms with Crippen molar-refractivity contribution in [3.63, 3.8) is 0 Å². The number of anilines is 2. The number of hydrogen-bond acceptors (Lipinski definition) is 5. The number of nitrogens with zero attached hydrogens (tertiary/aromatic N) is 4. The largest absolute Gasteiger partial charge is 0.378 e. The second-order valence-electron chi connectivity index (χ2n) is 6.37. The minimum absolute atomic E-state index is 0.0229. The molecule has 24 heavy (non-hydrogen) atoms. The van der Waals surface area contributed by atoms with E-state index in [4.69, 9.17) is 5.73 Å². The predicted octanol–water partition coefficient (Wildman–Crippen LogP) is 2.41. The van der Waals surface area contributed by atoms with Crippen LogP contribution in [-0.2, 0) is 0 Å². The molecule has 1 unspecified atom stereocenters. The lowest BCUT2D eigenvalue weighted by Crippen LogP contribution is -2.31. The third-order valence-corrected chi connectivity index (χ3v) is 4.51. The second-order valence-corrected chi connectivity index (χ2v) is 6.37. The Morgan fingerprint density at radius 3 is 2.88 bits per heavy atom. The number of carbonyl (C=O) groups excluding carboxylic acids is 1. The molecule has 0 radical (unpaired) electrons. The van der Waals surface area contributed by atoms with E-state index in [9.17, 15) is 4.79 Å². The molecule has 6 nitrogen and oxygen atoms in total. The molecule has 6 heteroatoms. The topological polar surface area (TPSA) is 75.3 Å². The molecule has 1 aromatic carbocycles. The smallest absolute Gasteiger partial charge is 0.257 e. The van der Waals surface area contributed by atoms with Gasteiger partial charge in [0.1, 0.15) is 0 Å². The Labute approximate surface area is 142 Å². The van der Waals surface area contributed by atoms with E-state index in [0.29, 0.717) is 11.3 Å². The molecule has 0 spiro atoms. The van der Waals surface area contributed by atoms with Crippen LogP contribution < -0.4 is 10.6 Å². The SMILES string of the molecule is Cc1nc(N)ncc1C(=O)N1CCCC1c1cccc(N(C)C)c1. The van der Waals surface area contributed by atoms with E-state index in [1.807, 2.05) is 25.1 Å². The molecule has 0 saturated carbocycles. The molecule has 0 aliphatic carbocycles. The standard InChI is InChI=1S/C18H23N5O/c1-12-15(11-20-18(19)21-12)17(24)23-9-5-8-16(23)13-6-4-7-14(10-13)22(2)3/h4,6-7,10-11,16H,5,8-9H2,1-3H3,(H2,19,20,21). The number of nitrogens with two attached hydrogens (primary N) is 1. The fourth-order valence-corrected chi connectivity index (χ4v) is 3.22. The van der Waals surface area contributed by atoms with E-state index in [2.05, 4.69) is 33.1 Å². The van der Waals surface area contributed by atoms with Crippen molar-refractivity contribution in [2.24, 2.45) is 0 Å². The molecule has 1 aliphatic rings. The van der Waals surface area contributed by atoms with Crippen LogP contribution >= 0.6 is 0 Å². The molecule has 0 bridgehead atoms. The van der Waals surface area contributed by atoms with Crippen molar-refractivity contribution in [2.45, 2.75) is 25.8 Å². The number of likely N-dealkylation sites (tertiary alicyclic amines) is 1. The maximum atomic E-state index is 13.0. The molecule has 2 N–H and O–H groups in total. The zero-order valence-corrected chi connectivity index (χ0v) is 14.4. The molecule has 1 aliphatic heterocycles. The van der Waals surface area contributed by atoms with E-state index >= 15 is 0 Å². The van der Waals surface area contributed by atoms with Crippen molar-refractivity contribution >= 4 is 17.5 Å². The minimum atomic E-state index is -0.0229. The molecule has 1 fully saturated rings. The summed E-state index contributed by atoms with van der Waals surface area (Å²) in [5.74, 6) is 0.172. The van der Waals surface area contributed by atoms with E-state index in [1.54, 1.807) is 6.92 Å². The fourth-order valence-electron chi connectivity index (χ4n) is 3.22. The maximum absolute atomic E-state index is 13.0. The zero-order chi connectivity index (χ0) is 17.3. The van der Waals surface area contributed by atoms with Gasteiger partial charge in [-0.2, -0.15) is 0 Å². The molecular weight excluding hydrogens is 302 g/mol. The number of benzene rings is 1. The van der Waals surface area contributed by atoms with Crippen molar-refractivity contribution in [3.8, 4) is 0 Å². The summed E-state index contributed by atoms with van der Waals surface area (Å²) in [5.41, 5.74) is 9.05. The summed E-state index contributed by atoms with van der Waals surface area (Å²) in [6, 6.07) is 8.46. The molecule has 1 saturated heterocycles. The van der Waals surface area contributed by atoms with Gasteiger partial charge in [-0.05, 0) is 37.5 Å². The lowest BCUT2D eigenvalue weighted by Gasteiger charge is -2.26. The summed E-state index contributed by atoms with van der Waals surface area (Å²) >= 11 is 0. The minimum Gasteiger partial charge on any atom is -0.378 e. The third kappa shape index (κ3) is 3.04. The lowest BCUT2D eigenvalue weighted by molar-refractivity contribution is 0.0734. The normalized spacial score (nSPS) is 17.1. The van der Waals surface area contributed by atoms with Crippen LogP contribution in [0.1, 0.15) is 40.5 Å². The van der Waals surface area contributed by atoms with Crippen molar-refractivity contribution in [1.82, 2.24) is 14.9 Å². The molecule has 1 aromatic heterocycles. The summed E-state index contributed by atoms with van der Waals surface area (Å²) in [6.07, 6.45) is 3.50. The number of carbonyl (C=O) groups is 1. The second kappa shape index (κ2) is 6.47. The van der Waals surface area contributed by atoms with Gasteiger partial charge in [-0.3, -0.25) is 4.79 Å². The van der Waals surface area contributed by atoms with Gasteiger partial charge >= 0.3 is 0 Å². The Balaban J connectivity index is 1.90. The molecule has 3 rings (SSSR count). The predicted molar refractivity (Wildman–Crippen MR) is 95.0 cm³/mol. The first-order chi connectivity index (χ1) is 11.5. The summed E-state index contributed by atoms with van der Waals surface area (Å²) in [6.45, 7) is 2.54. The van der Waals surface area contributed by atoms with E-state index in [1.165, 1.54) is 11.8 Å². The quantitative estimate of drug-likeness (QED) is 0.938. The molecule has 126 valence electrons. The van der Waals surface area contributed by atoms with Crippen LogP contribution in [0.5, 0.6) is 0 Å². The summed E-state index contributed by atoms with van der Waals surface area (Å²) in [7, 11) is 4.04. The van der Waals surface area contributed by atoms with Gasteiger partial charge < -0.3 is 15.5 Å². The van der Waals surface area contributed by atoms with Gasteiger partial charge in [0.15, 0.2) is 0 Å². The summed E-state index contributed by atoms with van der Waals surface area (Å²) in [4.78, 5) is 25.1. The van der Waals surface area contributed by atoms with E-state index in [-0.39, 0.29) is 17.9 Å². The highest BCUT2D eigenvalue weighted by Gasteiger charge is 2.31. The number of aryl methyl sites for hydroxylation is 1. The first-order valence-corrected chi connectivity index (χ1v) is 8.14. The van der Waals surface area contributed by atoms with Crippen molar-refractivity contribution in [1.29, 1.82) is 0 Å². The van der Waals surface area contributed by atoms with Gasteiger partial charge in [-0.15, -0.1) is 0 Å². The lowest BCUT2D eigenvalue weighted by atomic mass is 10.0. The van der Waals surface area contributed by atoms with Gasteiger partial charge in [0.2, 0.25) is 5.95 Å². The highest BCUT2D eigenvalue weighted by molar-refractivity contribution is 5.95. The highest BCUT2D eigenvalue weighted by atomic mass is 16.2. The van der Waals surface area contributed by atoms with Gasteiger partial charge in [0.05, 0.1) is 17.3 Å². The van der Waals surface area contributed by atoms with Crippen LogP contribution in [0.3, 0.4) is 0 Å². The summed E-state index contributed by atoms with van der Waals surface area (Å²) in [5, 5.41) is 0. The van der Waals surface area contributed by atoms with Crippen molar-refractivity contribution < 1.29 is 4.79 Å². The van der Waals surface area contributed by atoms with Crippen molar-refractivity contribution in [3.05, 3.63) is 47.3 Å². The first kappa shape index (κ1) is 16.2. The van der Waals surface area contributed by atoms with Crippen LogP contribution in [0, 0.1) is 6.92 Å². The fraction of sp³-hybridized carbons (Fsp3) is 0.389. The molecular formula is C18H23N5O. The Morgan fingerprint density at radius 1 is 1.38 bits per heavy atom. The molecule has 1 atom stereocenters. The Bertz CT molecular complexity index is 759. The van der Waals surface area contributed by atoms with Crippen LogP contribution in [0.15, 0.2) is 30.5 Å². The van der Waals surface area contributed by atoms with Gasteiger partial charge in [0.25, 0.3) is 5.91 Å². The van der Waals surface area contributed by atoms with Crippen molar-refractivity contribution in [2.75, 3.05) is 31.3 Å². The number of aromatic nitrogens is 2. The van der Waals surface area contributed by atoms with Crippen LogP contribution in [0.25, 0.3) is 0 Å². The Kier molecular flexibility index (Phi) is 4.38. The Hall–Kier alpha value is -2.63. The van der Waals surface area contributed by atoms with Gasteiger partial charge in [-0.25, -0.2) is 9.97 Å². The van der Waals surface area contributed by atoms with E-state index in [0.717, 1.165) is 25.1 Å². The van der Waals surface area contributed by atoms with Gasteiger partial charge in [-0.1, -0.05) is 12.1 Å². The van der Waals surface area contributed by atoms with Crippen LogP contribution in [-0.4, -0.2) is 41.4 Å². The molecule has 1 amide bonds. The number of rotatable bonds is 3. The number of nitrogen functional groups attached to an aromatic ring is 1. The Morgan fingerprint density at radius 2 is 2.17 bits per heavy atom. The highest BCUT2D eigenvalue weighted by Crippen LogP contribution is 2.34. The molecule has 2 heterocycles. The average molecular weight is 325 g/mol. The monoisotopic (exact) mass is 325 g/mol. The number of amides is 1. The zero-order valence-electron chi connectivity index (χ0n) is 14.4. The molecule has 2 aromatic rings. The summed E-state index contributed by atoms with van der Waals surface area (Å²) < 4.78 is 0. The van der Waals surface area contributed by atoms with Gasteiger partial charge in [0, 0.05) is 32.5 Å². The third-order valence-electron chi connectivity index (χ3n) is 4.51. The first-order valence-electron chi connectivity index (χ1n) is 8.14. The average Bonchev–Trinajstić information content (AvgIpc) is 3.04. The number of hydrogen-bond donors (Lipinski definition) is 1. The van der Waals surface area contributed by atoms with Crippen LogP contribution in [0.4, 0.5) is 11.6 Å². The van der Waals surface area contributed by atoms with E-state index < -0.39 is 0 Å². The maximum Gasteiger partial charge on any atom is 0.257 e.